The van der Waals surface area contributed by atoms with Crippen LogP contribution in [0.25, 0.3) is 56.4 Å². The van der Waals surface area contributed by atoms with Crippen molar-refractivity contribution in [1.29, 1.82) is 0 Å². The predicted molar refractivity (Wildman–Crippen MR) is 161 cm³/mol. The molecule has 0 saturated carbocycles. The van der Waals surface area contributed by atoms with Crippen LogP contribution in [0, 0.1) is 0 Å². The smallest absolute Gasteiger partial charge is 0.164 e. The average molecular weight is 506 g/mol. The summed E-state index contributed by atoms with van der Waals surface area (Å²) in [5.41, 5.74) is 14.9. The molecule has 0 radical (unpaired) electrons. The van der Waals surface area contributed by atoms with Gasteiger partial charge in [-0.1, -0.05) is 91.0 Å². The first-order valence-corrected chi connectivity index (χ1v) is 12.8. The van der Waals surface area contributed by atoms with Crippen LogP contribution in [-0.4, -0.2) is 22.0 Å². The summed E-state index contributed by atoms with van der Waals surface area (Å²) in [5, 5.41) is 3.21. The fourth-order valence-electron chi connectivity index (χ4n) is 4.60. The van der Waals surface area contributed by atoms with Crippen molar-refractivity contribution in [2.45, 2.75) is 0 Å². The zero-order valence-corrected chi connectivity index (χ0v) is 21.5. The Morgan fingerprint density at radius 1 is 0.436 bits per heavy atom. The normalized spacial score (nSPS) is 10.8. The SMILES string of the molecule is CNc1cccc(-c2cccc(-c3nc(-c4ccccc4)nc(-c4cccc(-c5cccc(N)c5)c4)n3)c2)c1. The van der Waals surface area contributed by atoms with Gasteiger partial charge in [0.1, 0.15) is 0 Å². The highest BCUT2D eigenvalue weighted by molar-refractivity contribution is 5.76. The molecule has 0 aliphatic rings. The molecule has 0 bridgehead atoms. The Kier molecular flexibility index (Phi) is 6.54. The van der Waals surface area contributed by atoms with Gasteiger partial charge in [0.2, 0.25) is 0 Å². The molecule has 5 nitrogen and oxygen atoms in total. The fraction of sp³-hybridized carbons (Fsp3) is 0.0294. The van der Waals surface area contributed by atoms with Crippen molar-refractivity contribution in [3.8, 4) is 56.4 Å². The minimum absolute atomic E-state index is 0.618. The molecule has 0 aliphatic heterocycles. The third-order valence-electron chi connectivity index (χ3n) is 6.61. The largest absolute Gasteiger partial charge is 0.399 e. The molecular formula is C34H27N5. The molecule has 0 atom stereocenters. The van der Waals surface area contributed by atoms with Gasteiger partial charge in [0, 0.05) is 35.1 Å². The van der Waals surface area contributed by atoms with Crippen LogP contribution in [0.15, 0.2) is 127 Å². The highest BCUT2D eigenvalue weighted by atomic mass is 15.0. The van der Waals surface area contributed by atoms with Gasteiger partial charge >= 0.3 is 0 Å². The van der Waals surface area contributed by atoms with Crippen molar-refractivity contribution in [2.24, 2.45) is 0 Å². The second-order valence-electron chi connectivity index (χ2n) is 9.29. The molecule has 0 aliphatic carbocycles. The molecule has 3 N–H and O–H groups in total. The van der Waals surface area contributed by atoms with Crippen molar-refractivity contribution in [1.82, 2.24) is 15.0 Å². The monoisotopic (exact) mass is 505 g/mol. The number of rotatable bonds is 6. The quantitative estimate of drug-likeness (QED) is 0.226. The number of aromatic nitrogens is 3. The third-order valence-corrected chi connectivity index (χ3v) is 6.61. The van der Waals surface area contributed by atoms with E-state index in [1.54, 1.807) is 0 Å². The van der Waals surface area contributed by atoms with Crippen LogP contribution in [0.3, 0.4) is 0 Å². The van der Waals surface area contributed by atoms with Gasteiger partial charge in [-0.3, -0.25) is 0 Å². The third kappa shape index (κ3) is 5.24. The van der Waals surface area contributed by atoms with Crippen LogP contribution in [0.1, 0.15) is 0 Å². The molecule has 1 heterocycles. The molecule has 6 aromatic rings. The number of benzene rings is 5. The minimum Gasteiger partial charge on any atom is -0.399 e. The maximum atomic E-state index is 6.05. The number of nitrogens with two attached hydrogens (primary N) is 1. The van der Waals surface area contributed by atoms with Crippen molar-refractivity contribution in [3.05, 3.63) is 127 Å². The van der Waals surface area contributed by atoms with E-state index in [-0.39, 0.29) is 0 Å². The van der Waals surface area contributed by atoms with Crippen molar-refractivity contribution < 1.29 is 0 Å². The Morgan fingerprint density at radius 3 is 1.44 bits per heavy atom. The van der Waals surface area contributed by atoms with Crippen molar-refractivity contribution >= 4 is 11.4 Å². The average Bonchev–Trinajstić information content (AvgIpc) is 3.01. The number of nitrogens with zero attached hydrogens (tertiary/aromatic N) is 3. The molecule has 1 aromatic heterocycles. The Morgan fingerprint density at radius 2 is 0.872 bits per heavy atom. The number of anilines is 2. The van der Waals surface area contributed by atoms with E-state index in [4.69, 9.17) is 20.7 Å². The topological polar surface area (TPSA) is 76.7 Å². The number of nitrogen functional groups attached to an aromatic ring is 1. The lowest BCUT2D eigenvalue weighted by Gasteiger charge is -2.11. The van der Waals surface area contributed by atoms with E-state index in [1.807, 2.05) is 79.8 Å². The summed E-state index contributed by atoms with van der Waals surface area (Å²) < 4.78 is 0. The van der Waals surface area contributed by atoms with Crippen LogP contribution in [0.4, 0.5) is 11.4 Å². The highest BCUT2D eigenvalue weighted by Crippen LogP contribution is 2.30. The molecule has 0 amide bonds. The molecule has 0 fully saturated rings. The molecule has 0 saturated heterocycles. The molecule has 5 aromatic carbocycles. The summed E-state index contributed by atoms with van der Waals surface area (Å²) in [6, 6.07) is 42.8. The number of hydrogen-bond donors (Lipinski definition) is 2. The molecule has 6 rings (SSSR count). The summed E-state index contributed by atoms with van der Waals surface area (Å²) in [6.07, 6.45) is 0. The van der Waals surface area contributed by atoms with Gasteiger partial charge in [-0.25, -0.2) is 15.0 Å². The lowest BCUT2D eigenvalue weighted by molar-refractivity contribution is 1.07. The fourth-order valence-corrected chi connectivity index (χ4v) is 4.60. The molecule has 39 heavy (non-hydrogen) atoms. The first kappa shape index (κ1) is 24.1. The van der Waals surface area contributed by atoms with E-state index >= 15 is 0 Å². The molecule has 5 heteroatoms. The first-order chi connectivity index (χ1) is 19.2. The van der Waals surface area contributed by atoms with Gasteiger partial charge < -0.3 is 11.1 Å². The van der Waals surface area contributed by atoms with E-state index in [9.17, 15) is 0 Å². The number of hydrogen-bond acceptors (Lipinski definition) is 5. The summed E-state index contributed by atoms with van der Waals surface area (Å²) in [4.78, 5) is 14.8. The van der Waals surface area contributed by atoms with Gasteiger partial charge in [-0.05, 0) is 58.7 Å². The predicted octanol–water partition coefficient (Wildman–Crippen LogP) is 7.83. The summed E-state index contributed by atoms with van der Waals surface area (Å²) >= 11 is 0. The minimum atomic E-state index is 0.618. The second kappa shape index (κ2) is 10.6. The Bertz CT molecular complexity index is 1760. The summed E-state index contributed by atoms with van der Waals surface area (Å²) in [7, 11) is 1.93. The van der Waals surface area contributed by atoms with Crippen LogP contribution < -0.4 is 11.1 Å². The van der Waals surface area contributed by atoms with Crippen LogP contribution >= 0.6 is 0 Å². The molecule has 188 valence electrons. The first-order valence-electron chi connectivity index (χ1n) is 12.8. The van der Waals surface area contributed by atoms with Crippen LogP contribution in [-0.2, 0) is 0 Å². The summed E-state index contributed by atoms with van der Waals surface area (Å²) in [6.45, 7) is 0. The van der Waals surface area contributed by atoms with E-state index in [0.29, 0.717) is 17.5 Å². The number of nitrogens with one attached hydrogen (secondary N) is 1. The van der Waals surface area contributed by atoms with Gasteiger partial charge in [0.15, 0.2) is 17.5 Å². The summed E-state index contributed by atoms with van der Waals surface area (Å²) in [5.74, 6) is 1.87. The van der Waals surface area contributed by atoms with Gasteiger partial charge in [0.25, 0.3) is 0 Å². The van der Waals surface area contributed by atoms with Gasteiger partial charge in [-0.2, -0.15) is 0 Å². The van der Waals surface area contributed by atoms with Crippen molar-refractivity contribution in [2.75, 3.05) is 18.1 Å². The Hall–Kier alpha value is -5.29. The second-order valence-corrected chi connectivity index (χ2v) is 9.29. The van der Waals surface area contributed by atoms with Crippen LogP contribution in [0.5, 0.6) is 0 Å². The molecular weight excluding hydrogens is 478 g/mol. The van der Waals surface area contributed by atoms with E-state index in [1.165, 1.54) is 0 Å². The maximum Gasteiger partial charge on any atom is 0.164 e. The highest BCUT2D eigenvalue weighted by Gasteiger charge is 2.14. The molecule has 0 spiro atoms. The Labute approximate surface area is 228 Å². The lowest BCUT2D eigenvalue weighted by atomic mass is 10.0. The zero-order chi connectivity index (χ0) is 26.6. The zero-order valence-electron chi connectivity index (χ0n) is 21.5. The molecule has 0 unspecified atom stereocenters. The standard InChI is InChI=1S/C34H27N5/c1-36-31-18-8-14-27(22-31)25-12-6-16-29(20-25)34-38-32(23-9-3-2-4-10-23)37-33(39-34)28-15-5-11-24(19-28)26-13-7-17-30(35)21-26/h2-22,36H,35H2,1H3. The van der Waals surface area contributed by atoms with Crippen LogP contribution in [0.2, 0.25) is 0 Å². The van der Waals surface area contributed by atoms with Crippen molar-refractivity contribution in [3.63, 3.8) is 0 Å². The van der Waals surface area contributed by atoms with Gasteiger partial charge in [0.05, 0.1) is 0 Å². The maximum absolute atomic E-state index is 6.05. The lowest BCUT2D eigenvalue weighted by Crippen LogP contribution is -2.00. The van der Waals surface area contributed by atoms with E-state index in [2.05, 4.69) is 59.9 Å². The van der Waals surface area contributed by atoms with Gasteiger partial charge in [-0.15, -0.1) is 0 Å². The Balaban J connectivity index is 1.48. The van der Waals surface area contributed by atoms with E-state index in [0.717, 1.165) is 50.3 Å². The van der Waals surface area contributed by atoms with E-state index < -0.39 is 0 Å².